The zero-order valence-corrected chi connectivity index (χ0v) is 36.7. The molecule has 314 valence electrons. The highest BCUT2D eigenvalue weighted by Gasteiger charge is 2.22. The van der Waals surface area contributed by atoms with Crippen LogP contribution in [0.3, 0.4) is 0 Å². The molecule has 13 rings (SSSR count). The number of nitriles is 1. The van der Waals surface area contributed by atoms with Crippen LogP contribution >= 0.6 is 0 Å². The lowest BCUT2D eigenvalue weighted by atomic mass is 9.90. The number of rotatable bonds is 7. The predicted octanol–water partition coefficient (Wildman–Crippen LogP) is 16.5. The third-order valence-corrected chi connectivity index (χ3v) is 13.5. The molecule has 0 aliphatic heterocycles. The molecular weight excluding hydrogens is 825 g/mol. The van der Waals surface area contributed by atoms with E-state index in [9.17, 15) is 5.26 Å². The summed E-state index contributed by atoms with van der Waals surface area (Å²) >= 11 is 0. The number of hydrogen-bond donors (Lipinski definition) is 0. The fourth-order valence-corrected chi connectivity index (χ4v) is 10.2. The summed E-state index contributed by atoms with van der Waals surface area (Å²) in [5.41, 5.74) is 17.2. The molecule has 0 saturated heterocycles. The molecule has 0 spiro atoms. The minimum Gasteiger partial charge on any atom is -0.208 e. The van der Waals surface area contributed by atoms with Gasteiger partial charge in [0.15, 0.2) is 17.5 Å². The molecule has 1 aliphatic rings. The molecule has 68 heavy (non-hydrogen) atoms. The van der Waals surface area contributed by atoms with E-state index < -0.39 is 0 Å². The smallest absolute Gasteiger partial charge is 0.164 e. The van der Waals surface area contributed by atoms with Crippen molar-refractivity contribution in [3.8, 4) is 107 Å². The Bertz CT molecular complexity index is 3990. The van der Waals surface area contributed by atoms with Gasteiger partial charge in [-0.05, 0) is 117 Å². The van der Waals surface area contributed by atoms with Gasteiger partial charge in [-0.25, -0.2) is 15.0 Å². The first-order valence-electron chi connectivity index (χ1n) is 22.9. The summed E-state index contributed by atoms with van der Waals surface area (Å²) in [5, 5.41) is 17.5. The van der Waals surface area contributed by atoms with Gasteiger partial charge >= 0.3 is 0 Å². The van der Waals surface area contributed by atoms with Crippen LogP contribution in [0.2, 0.25) is 0 Å². The summed E-state index contributed by atoms with van der Waals surface area (Å²) < 4.78 is 0. The minimum atomic E-state index is 0.592. The molecule has 0 N–H and O–H groups in total. The molecule has 1 aromatic heterocycles. The highest BCUT2D eigenvalue weighted by Crippen LogP contribution is 2.48. The van der Waals surface area contributed by atoms with Crippen molar-refractivity contribution in [2.75, 3.05) is 0 Å². The van der Waals surface area contributed by atoms with E-state index >= 15 is 0 Å². The molecule has 11 aromatic carbocycles. The van der Waals surface area contributed by atoms with E-state index in [0.717, 1.165) is 50.1 Å². The van der Waals surface area contributed by atoms with Gasteiger partial charge in [-0.2, -0.15) is 5.26 Å². The first kappa shape index (κ1) is 39.1. The van der Waals surface area contributed by atoms with Gasteiger partial charge in [0, 0.05) is 16.7 Å². The molecule has 4 heteroatoms. The van der Waals surface area contributed by atoms with Crippen molar-refractivity contribution in [1.82, 2.24) is 15.0 Å². The zero-order chi connectivity index (χ0) is 45.1. The van der Waals surface area contributed by atoms with Crippen LogP contribution in [0.1, 0.15) is 5.56 Å². The van der Waals surface area contributed by atoms with Crippen molar-refractivity contribution in [3.63, 3.8) is 0 Å². The molecule has 0 bridgehead atoms. The van der Waals surface area contributed by atoms with E-state index in [2.05, 4.69) is 188 Å². The standard InChI is InChI=1S/C64H38N4/c65-39-40-19-34-53(59(37-40)45-24-22-43(23-25-45)52-15-8-16-54-51-14-5-4-9-42(51)32-35-55(52)54)44-26-30-49(31-27-44)64-67-62(47-10-2-1-3-11-47)66-63(68-64)48-28-20-41(21-29-48)50-33-36-56-57-17-6-12-46-13-7-18-58(61(46)57)60(56)38-50/h1-38H. The Morgan fingerprint density at radius 1 is 0.265 bits per heavy atom. The Labute approximate surface area is 393 Å². The molecule has 1 heterocycles. The Hall–Kier alpha value is -9.30. The van der Waals surface area contributed by atoms with Crippen LogP contribution in [0.4, 0.5) is 0 Å². The van der Waals surface area contributed by atoms with E-state index in [1.165, 1.54) is 65.7 Å². The van der Waals surface area contributed by atoms with Crippen LogP contribution in [-0.4, -0.2) is 15.0 Å². The maximum absolute atomic E-state index is 9.99. The van der Waals surface area contributed by atoms with Crippen molar-refractivity contribution in [1.29, 1.82) is 5.26 Å². The average molecular weight is 863 g/mol. The predicted molar refractivity (Wildman–Crippen MR) is 280 cm³/mol. The summed E-state index contributed by atoms with van der Waals surface area (Å²) in [4.78, 5) is 15.1. The van der Waals surface area contributed by atoms with Gasteiger partial charge < -0.3 is 0 Å². The molecule has 0 amide bonds. The summed E-state index contributed by atoms with van der Waals surface area (Å²) in [5.74, 6) is 1.81. The molecule has 0 radical (unpaired) electrons. The second kappa shape index (κ2) is 16.0. The van der Waals surface area contributed by atoms with Gasteiger partial charge in [0.1, 0.15) is 0 Å². The number of aromatic nitrogens is 3. The highest BCUT2D eigenvalue weighted by molar-refractivity contribution is 6.16. The lowest BCUT2D eigenvalue weighted by Crippen LogP contribution is -2.00. The summed E-state index contributed by atoms with van der Waals surface area (Å²) in [7, 11) is 0. The highest BCUT2D eigenvalue weighted by atomic mass is 15.0. The number of nitrogens with zero attached hydrogens (tertiary/aromatic N) is 4. The quantitative estimate of drug-likeness (QED) is 0.150. The number of fused-ring (bicyclic) bond motifs is 6. The van der Waals surface area contributed by atoms with Crippen LogP contribution in [0, 0.1) is 11.3 Å². The molecule has 1 aliphatic carbocycles. The van der Waals surface area contributed by atoms with E-state index in [-0.39, 0.29) is 0 Å². The van der Waals surface area contributed by atoms with Crippen molar-refractivity contribution in [3.05, 3.63) is 236 Å². The third kappa shape index (κ3) is 6.65. The van der Waals surface area contributed by atoms with E-state index in [4.69, 9.17) is 15.0 Å². The zero-order valence-electron chi connectivity index (χ0n) is 36.7. The molecule has 4 nitrogen and oxygen atoms in total. The maximum atomic E-state index is 9.99. The van der Waals surface area contributed by atoms with Gasteiger partial charge in [0.2, 0.25) is 0 Å². The molecular formula is C64H38N4. The maximum Gasteiger partial charge on any atom is 0.164 e. The van der Waals surface area contributed by atoms with Gasteiger partial charge in [0.25, 0.3) is 0 Å². The normalized spacial score (nSPS) is 11.5. The van der Waals surface area contributed by atoms with Crippen LogP contribution < -0.4 is 0 Å². The van der Waals surface area contributed by atoms with E-state index in [1.54, 1.807) is 0 Å². The van der Waals surface area contributed by atoms with Crippen molar-refractivity contribution in [2.24, 2.45) is 0 Å². The molecule has 0 saturated carbocycles. The van der Waals surface area contributed by atoms with Crippen LogP contribution in [0.15, 0.2) is 231 Å². The van der Waals surface area contributed by atoms with Gasteiger partial charge in [-0.3, -0.25) is 0 Å². The fraction of sp³-hybridized carbons (Fsp3) is 0. The van der Waals surface area contributed by atoms with Crippen molar-refractivity contribution < 1.29 is 0 Å². The lowest BCUT2D eigenvalue weighted by Gasteiger charge is -2.14. The van der Waals surface area contributed by atoms with Gasteiger partial charge in [0.05, 0.1) is 11.6 Å². The summed E-state index contributed by atoms with van der Waals surface area (Å²) in [6, 6.07) is 83.5. The Morgan fingerprint density at radius 2 is 0.765 bits per heavy atom. The topological polar surface area (TPSA) is 62.5 Å². The second-order valence-electron chi connectivity index (χ2n) is 17.4. The van der Waals surface area contributed by atoms with Gasteiger partial charge in [-0.15, -0.1) is 0 Å². The van der Waals surface area contributed by atoms with E-state index in [1.807, 2.05) is 48.5 Å². The third-order valence-electron chi connectivity index (χ3n) is 13.5. The molecule has 12 aromatic rings. The van der Waals surface area contributed by atoms with E-state index in [0.29, 0.717) is 23.0 Å². The summed E-state index contributed by atoms with van der Waals surface area (Å²) in [6.07, 6.45) is 0. The average Bonchev–Trinajstić information content (AvgIpc) is 3.74. The minimum absolute atomic E-state index is 0.592. The second-order valence-corrected chi connectivity index (χ2v) is 17.4. The molecule has 0 fully saturated rings. The molecule has 0 atom stereocenters. The van der Waals surface area contributed by atoms with Gasteiger partial charge in [-0.1, -0.05) is 212 Å². The first-order valence-corrected chi connectivity index (χ1v) is 22.9. The summed E-state index contributed by atoms with van der Waals surface area (Å²) in [6.45, 7) is 0. The first-order chi connectivity index (χ1) is 33.6. The Balaban J connectivity index is 0.825. The van der Waals surface area contributed by atoms with Crippen molar-refractivity contribution in [2.45, 2.75) is 0 Å². The Morgan fingerprint density at radius 3 is 1.46 bits per heavy atom. The van der Waals surface area contributed by atoms with Crippen LogP contribution in [-0.2, 0) is 0 Å². The van der Waals surface area contributed by atoms with Crippen LogP contribution in [0.5, 0.6) is 0 Å². The number of hydrogen-bond acceptors (Lipinski definition) is 4. The monoisotopic (exact) mass is 862 g/mol. The largest absolute Gasteiger partial charge is 0.208 e. The lowest BCUT2D eigenvalue weighted by molar-refractivity contribution is 1.07. The number of benzene rings is 11. The Kier molecular flexibility index (Phi) is 9.20. The SMILES string of the molecule is N#Cc1ccc(-c2ccc(-c3nc(-c4ccccc4)nc(-c4ccc(-c5ccc6c(c5)-c5cccc7cccc-6c57)cc4)n3)cc2)c(-c2ccc(-c3cccc4c3ccc3ccccc34)cc2)c1. The fourth-order valence-electron chi connectivity index (χ4n) is 10.2. The van der Waals surface area contributed by atoms with Crippen LogP contribution in [0.25, 0.3) is 133 Å². The molecule has 0 unspecified atom stereocenters. The van der Waals surface area contributed by atoms with Crippen molar-refractivity contribution >= 4 is 32.3 Å².